The van der Waals surface area contributed by atoms with Gasteiger partial charge in [0.2, 0.25) is 0 Å². The molecule has 1 N–H and O–H groups in total. The normalized spacial score (nSPS) is 10.7. The first kappa shape index (κ1) is 15.8. The van der Waals surface area contributed by atoms with Crippen LogP contribution in [0.1, 0.15) is 19.4 Å². The number of methoxy groups -OCH3 is 2. The largest absolute Gasteiger partial charge is 0.493 e. The summed E-state index contributed by atoms with van der Waals surface area (Å²) in [6.45, 7) is 3.63. The third kappa shape index (κ3) is 4.79. The van der Waals surface area contributed by atoms with Gasteiger partial charge in [-0.1, -0.05) is 11.2 Å². The smallest absolute Gasteiger partial charge is 0.260 e. The van der Waals surface area contributed by atoms with Crippen LogP contribution in [-0.2, 0) is 9.63 Å². The van der Waals surface area contributed by atoms with E-state index in [2.05, 4.69) is 10.5 Å². The van der Waals surface area contributed by atoms with Gasteiger partial charge in [-0.05, 0) is 26.0 Å². The lowest BCUT2D eigenvalue weighted by Crippen LogP contribution is -2.32. The molecule has 1 aromatic carbocycles. The number of carbonyl (C=O) groups excluding carboxylic acids is 1. The number of nitrogens with zero attached hydrogens (tertiary/aromatic N) is 1. The first-order valence-electron chi connectivity index (χ1n) is 6.24. The number of hydrogen-bond acceptors (Lipinski definition) is 5. The summed E-state index contributed by atoms with van der Waals surface area (Å²) < 4.78 is 10.4. The molecule has 0 aliphatic carbocycles. The second kappa shape index (κ2) is 8.04. The molecule has 110 valence electrons. The monoisotopic (exact) mass is 280 g/mol. The topological polar surface area (TPSA) is 69.2 Å². The minimum absolute atomic E-state index is 0.0774. The van der Waals surface area contributed by atoms with Gasteiger partial charge in [0.15, 0.2) is 18.1 Å². The third-order valence-electron chi connectivity index (χ3n) is 2.35. The number of amides is 1. The molecule has 0 heterocycles. The van der Waals surface area contributed by atoms with Crippen molar-refractivity contribution in [3.63, 3.8) is 0 Å². The summed E-state index contributed by atoms with van der Waals surface area (Å²) in [5.74, 6) is 0.956. The van der Waals surface area contributed by atoms with E-state index in [1.165, 1.54) is 6.21 Å². The Bertz CT molecular complexity index is 472. The lowest BCUT2D eigenvalue weighted by atomic mass is 10.2. The van der Waals surface area contributed by atoms with Crippen LogP contribution in [0.15, 0.2) is 23.4 Å². The van der Waals surface area contributed by atoms with Crippen molar-refractivity contribution in [2.24, 2.45) is 5.16 Å². The van der Waals surface area contributed by atoms with Gasteiger partial charge in [-0.2, -0.15) is 0 Å². The van der Waals surface area contributed by atoms with E-state index in [-0.39, 0.29) is 18.6 Å². The summed E-state index contributed by atoms with van der Waals surface area (Å²) >= 11 is 0. The number of nitrogens with one attached hydrogen (secondary N) is 1. The molecule has 0 saturated carbocycles. The number of rotatable bonds is 7. The molecule has 1 rings (SSSR count). The predicted molar refractivity (Wildman–Crippen MR) is 76.4 cm³/mol. The molecule has 20 heavy (non-hydrogen) atoms. The van der Waals surface area contributed by atoms with Crippen LogP contribution in [0.5, 0.6) is 11.5 Å². The number of carbonyl (C=O) groups is 1. The van der Waals surface area contributed by atoms with E-state index in [0.29, 0.717) is 17.1 Å². The molecule has 6 nitrogen and oxygen atoms in total. The van der Waals surface area contributed by atoms with E-state index < -0.39 is 0 Å². The molecule has 0 aromatic heterocycles. The van der Waals surface area contributed by atoms with Gasteiger partial charge >= 0.3 is 0 Å². The number of hydrogen-bond donors (Lipinski definition) is 1. The maximum absolute atomic E-state index is 11.3. The Balaban J connectivity index is 2.60. The lowest BCUT2D eigenvalue weighted by molar-refractivity contribution is -0.126. The van der Waals surface area contributed by atoms with Crippen LogP contribution in [0.25, 0.3) is 0 Å². The average molecular weight is 280 g/mol. The van der Waals surface area contributed by atoms with Gasteiger partial charge in [0, 0.05) is 11.6 Å². The maximum atomic E-state index is 11.3. The highest BCUT2D eigenvalue weighted by Crippen LogP contribution is 2.29. The second-order valence-electron chi connectivity index (χ2n) is 4.31. The fourth-order valence-corrected chi connectivity index (χ4v) is 1.57. The number of ether oxygens (including phenoxy) is 2. The predicted octanol–water partition coefficient (Wildman–Crippen LogP) is 1.58. The Hall–Kier alpha value is -2.24. The van der Waals surface area contributed by atoms with Crippen molar-refractivity contribution in [3.8, 4) is 11.5 Å². The summed E-state index contributed by atoms with van der Waals surface area (Å²) in [5.41, 5.74) is 0.705. The van der Waals surface area contributed by atoms with Gasteiger partial charge in [-0.3, -0.25) is 4.79 Å². The highest BCUT2D eigenvalue weighted by Gasteiger charge is 2.07. The second-order valence-corrected chi connectivity index (χ2v) is 4.31. The highest BCUT2D eigenvalue weighted by atomic mass is 16.6. The quantitative estimate of drug-likeness (QED) is 0.608. The first-order chi connectivity index (χ1) is 9.58. The van der Waals surface area contributed by atoms with Gasteiger partial charge in [0.25, 0.3) is 5.91 Å². The molecule has 6 heteroatoms. The Morgan fingerprint density at radius 3 is 2.70 bits per heavy atom. The van der Waals surface area contributed by atoms with Crippen molar-refractivity contribution in [2.75, 3.05) is 20.8 Å². The molecule has 0 radical (unpaired) electrons. The zero-order valence-electron chi connectivity index (χ0n) is 12.2. The highest BCUT2D eigenvalue weighted by molar-refractivity contribution is 5.84. The van der Waals surface area contributed by atoms with Crippen LogP contribution >= 0.6 is 0 Å². The minimum Gasteiger partial charge on any atom is -0.493 e. The zero-order valence-corrected chi connectivity index (χ0v) is 12.2. The Labute approximate surface area is 118 Å². The molecule has 0 atom stereocenters. The maximum Gasteiger partial charge on any atom is 0.260 e. The van der Waals surface area contributed by atoms with Crippen LogP contribution in [0.2, 0.25) is 0 Å². The summed E-state index contributed by atoms with van der Waals surface area (Å²) in [6, 6.07) is 5.48. The number of benzene rings is 1. The summed E-state index contributed by atoms with van der Waals surface area (Å²) in [4.78, 5) is 16.3. The Kier molecular flexibility index (Phi) is 6.36. The standard InChI is InChI=1S/C14H20N2O4/c1-10(2)16-13(17)9-20-15-8-11-6-5-7-12(18-3)14(11)19-4/h5-8,10H,9H2,1-4H3,(H,16,17)/b15-8-. The minimum atomic E-state index is -0.213. The van der Waals surface area contributed by atoms with Crippen LogP contribution in [0.3, 0.4) is 0 Å². The Morgan fingerprint density at radius 1 is 1.35 bits per heavy atom. The van der Waals surface area contributed by atoms with Crippen molar-refractivity contribution >= 4 is 12.1 Å². The van der Waals surface area contributed by atoms with E-state index in [4.69, 9.17) is 14.3 Å². The van der Waals surface area contributed by atoms with E-state index in [0.717, 1.165) is 0 Å². The van der Waals surface area contributed by atoms with Gasteiger partial charge in [-0.25, -0.2) is 0 Å². The van der Waals surface area contributed by atoms with Gasteiger partial charge in [0.05, 0.1) is 20.4 Å². The van der Waals surface area contributed by atoms with Crippen LogP contribution in [0, 0.1) is 0 Å². The molecule has 0 unspecified atom stereocenters. The van der Waals surface area contributed by atoms with Crippen molar-refractivity contribution in [1.82, 2.24) is 5.32 Å². The first-order valence-corrected chi connectivity index (χ1v) is 6.24. The van der Waals surface area contributed by atoms with E-state index in [9.17, 15) is 4.79 Å². The SMILES string of the molecule is COc1cccc(/C=N\OCC(=O)NC(C)C)c1OC. The molecular weight excluding hydrogens is 260 g/mol. The van der Waals surface area contributed by atoms with Crippen LogP contribution in [0.4, 0.5) is 0 Å². The van der Waals surface area contributed by atoms with Crippen LogP contribution in [-0.4, -0.2) is 39.0 Å². The summed E-state index contributed by atoms with van der Waals surface area (Å²) in [7, 11) is 3.11. The van der Waals surface area contributed by atoms with E-state index in [1.807, 2.05) is 26.0 Å². The summed E-state index contributed by atoms with van der Waals surface area (Å²) in [5, 5.41) is 6.45. The number of para-hydroxylation sites is 1. The third-order valence-corrected chi connectivity index (χ3v) is 2.35. The zero-order chi connectivity index (χ0) is 15.0. The fourth-order valence-electron chi connectivity index (χ4n) is 1.57. The lowest BCUT2D eigenvalue weighted by Gasteiger charge is -2.09. The number of oxime groups is 1. The molecular formula is C14H20N2O4. The molecule has 0 bridgehead atoms. The van der Waals surface area contributed by atoms with Crippen molar-refractivity contribution in [2.45, 2.75) is 19.9 Å². The van der Waals surface area contributed by atoms with E-state index in [1.54, 1.807) is 20.3 Å². The molecule has 0 spiro atoms. The van der Waals surface area contributed by atoms with Crippen LogP contribution < -0.4 is 14.8 Å². The van der Waals surface area contributed by atoms with Crippen molar-refractivity contribution < 1.29 is 19.1 Å². The van der Waals surface area contributed by atoms with Crippen molar-refractivity contribution in [3.05, 3.63) is 23.8 Å². The molecule has 0 fully saturated rings. The molecule has 1 aromatic rings. The molecule has 0 aliphatic rings. The summed E-state index contributed by atoms with van der Waals surface area (Å²) in [6.07, 6.45) is 1.48. The van der Waals surface area contributed by atoms with Gasteiger partial charge in [-0.15, -0.1) is 0 Å². The van der Waals surface area contributed by atoms with Gasteiger partial charge < -0.3 is 19.6 Å². The Morgan fingerprint density at radius 2 is 2.10 bits per heavy atom. The average Bonchev–Trinajstić information content (AvgIpc) is 2.42. The van der Waals surface area contributed by atoms with E-state index >= 15 is 0 Å². The van der Waals surface area contributed by atoms with Crippen molar-refractivity contribution in [1.29, 1.82) is 0 Å². The molecule has 0 saturated heterocycles. The van der Waals surface area contributed by atoms with Gasteiger partial charge in [0.1, 0.15) is 0 Å². The fraction of sp³-hybridized carbons (Fsp3) is 0.429. The molecule has 0 aliphatic heterocycles. The molecule has 1 amide bonds.